The zero-order valence-corrected chi connectivity index (χ0v) is 16.2. The molecule has 0 spiro atoms. The van der Waals surface area contributed by atoms with Gasteiger partial charge in [-0.15, -0.1) is 0 Å². The van der Waals surface area contributed by atoms with Crippen molar-refractivity contribution in [2.45, 2.75) is 30.2 Å². The van der Waals surface area contributed by atoms with Crippen LogP contribution in [-0.4, -0.2) is 25.3 Å². The van der Waals surface area contributed by atoms with E-state index in [1.165, 1.54) is 12.3 Å². The third-order valence-electron chi connectivity index (χ3n) is 4.42. The molecule has 0 aliphatic rings. The van der Waals surface area contributed by atoms with E-state index < -0.39 is 19.3 Å². The quantitative estimate of drug-likeness (QED) is 0.268. The van der Waals surface area contributed by atoms with Crippen LogP contribution >= 0.6 is 11.8 Å². The molecule has 2 aromatic heterocycles. The number of nitrogens with zero attached hydrogens (tertiary/aromatic N) is 4. The number of para-hydroxylation sites is 2. The largest absolute Gasteiger partial charge is 0.406 e. The minimum Gasteiger partial charge on any atom is -0.310 e. The summed E-state index contributed by atoms with van der Waals surface area (Å²) in [7, 11) is 0. The summed E-state index contributed by atoms with van der Waals surface area (Å²) < 4.78 is 68.6. The van der Waals surface area contributed by atoms with Crippen molar-refractivity contribution in [1.29, 1.82) is 0 Å². The van der Waals surface area contributed by atoms with Crippen molar-refractivity contribution >= 4 is 22.8 Å². The number of rotatable bonds is 6. The van der Waals surface area contributed by atoms with E-state index in [-0.39, 0.29) is 22.3 Å². The van der Waals surface area contributed by atoms with Crippen molar-refractivity contribution < 1.29 is 22.0 Å². The standard InChI is InChI=1S/C20H15F5N4S/c21-18(22)29-15-9-5-4-8-14(15)27-17(29)11-30-19-26-10-16(13-6-2-1-3-7-13)28(19)12-20(23,24)25/h1-10,18H,11-12H2. The second kappa shape index (κ2) is 8.10. The van der Waals surface area contributed by atoms with Gasteiger partial charge in [0, 0.05) is 0 Å². The molecule has 4 nitrogen and oxygen atoms in total. The Morgan fingerprint density at radius 2 is 1.67 bits per heavy atom. The maximum Gasteiger partial charge on any atom is 0.406 e. The maximum absolute atomic E-state index is 13.6. The summed E-state index contributed by atoms with van der Waals surface area (Å²) in [5, 5.41) is 0.0825. The predicted molar refractivity (Wildman–Crippen MR) is 104 cm³/mol. The lowest BCUT2D eigenvalue weighted by atomic mass is 10.2. The van der Waals surface area contributed by atoms with E-state index in [0.717, 1.165) is 20.9 Å². The highest BCUT2D eigenvalue weighted by Gasteiger charge is 2.31. The van der Waals surface area contributed by atoms with Crippen LogP contribution in [0.5, 0.6) is 0 Å². The van der Waals surface area contributed by atoms with E-state index in [1.54, 1.807) is 48.5 Å². The molecule has 0 unspecified atom stereocenters. The molecule has 4 rings (SSSR count). The lowest BCUT2D eigenvalue weighted by Crippen LogP contribution is -2.19. The fourth-order valence-electron chi connectivity index (χ4n) is 3.19. The molecule has 10 heteroatoms. The number of hydrogen-bond acceptors (Lipinski definition) is 3. The Hall–Kier alpha value is -2.88. The molecule has 156 valence electrons. The summed E-state index contributed by atoms with van der Waals surface area (Å²) in [6.07, 6.45) is -3.10. The van der Waals surface area contributed by atoms with E-state index in [9.17, 15) is 22.0 Å². The Labute approximate surface area is 172 Å². The molecular weight excluding hydrogens is 423 g/mol. The average Bonchev–Trinajstić information content (AvgIpc) is 3.26. The Bertz CT molecular complexity index is 1150. The van der Waals surface area contributed by atoms with E-state index >= 15 is 0 Å². The lowest BCUT2D eigenvalue weighted by molar-refractivity contribution is -0.141. The molecule has 0 bridgehead atoms. The van der Waals surface area contributed by atoms with Crippen molar-refractivity contribution in [2.24, 2.45) is 0 Å². The molecule has 0 aliphatic heterocycles. The Morgan fingerprint density at radius 1 is 0.967 bits per heavy atom. The molecule has 0 aliphatic carbocycles. The first-order chi connectivity index (χ1) is 14.3. The summed E-state index contributed by atoms with van der Waals surface area (Å²) in [4.78, 5) is 8.34. The van der Waals surface area contributed by atoms with Crippen LogP contribution < -0.4 is 0 Å². The van der Waals surface area contributed by atoms with Gasteiger partial charge in [-0.05, 0) is 17.7 Å². The van der Waals surface area contributed by atoms with Gasteiger partial charge in [-0.25, -0.2) is 9.97 Å². The van der Waals surface area contributed by atoms with Gasteiger partial charge in [0.2, 0.25) is 0 Å². The molecule has 0 N–H and O–H groups in total. The minimum absolute atomic E-state index is 0.0535. The van der Waals surface area contributed by atoms with E-state index in [4.69, 9.17) is 0 Å². The number of benzene rings is 2. The van der Waals surface area contributed by atoms with Gasteiger partial charge in [0.15, 0.2) is 5.16 Å². The van der Waals surface area contributed by atoms with Crippen LogP contribution in [0.15, 0.2) is 66.0 Å². The zero-order chi connectivity index (χ0) is 21.3. The number of fused-ring (bicyclic) bond motifs is 1. The Kier molecular flexibility index (Phi) is 5.50. The lowest BCUT2D eigenvalue weighted by Gasteiger charge is -2.14. The Morgan fingerprint density at radius 3 is 2.37 bits per heavy atom. The minimum atomic E-state index is -4.46. The maximum atomic E-state index is 13.6. The molecule has 2 aromatic carbocycles. The molecule has 0 radical (unpaired) electrons. The predicted octanol–water partition coefficient (Wildman–Crippen LogP) is 6.15. The monoisotopic (exact) mass is 438 g/mol. The van der Waals surface area contributed by atoms with Crippen LogP contribution in [0.1, 0.15) is 12.4 Å². The van der Waals surface area contributed by atoms with E-state index in [1.807, 2.05) is 0 Å². The van der Waals surface area contributed by atoms with Gasteiger partial charge in [0.05, 0.1) is 28.7 Å². The fraction of sp³-hybridized carbons (Fsp3) is 0.200. The van der Waals surface area contributed by atoms with Gasteiger partial charge in [-0.1, -0.05) is 54.2 Å². The fourth-order valence-corrected chi connectivity index (χ4v) is 4.10. The average molecular weight is 438 g/mol. The van der Waals surface area contributed by atoms with Crippen molar-refractivity contribution in [1.82, 2.24) is 19.1 Å². The van der Waals surface area contributed by atoms with Gasteiger partial charge >= 0.3 is 12.7 Å². The van der Waals surface area contributed by atoms with Gasteiger partial charge in [0.25, 0.3) is 0 Å². The van der Waals surface area contributed by atoms with Crippen LogP contribution in [0.4, 0.5) is 22.0 Å². The first kappa shape index (κ1) is 20.4. The molecule has 4 aromatic rings. The SMILES string of the molecule is FC(F)n1c(CSc2ncc(-c3ccccc3)n2CC(F)(F)F)nc2ccccc21. The first-order valence-electron chi connectivity index (χ1n) is 8.88. The van der Waals surface area contributed by atoms with Crippen LogP contribution in [-0.2, 0) is 12.3 Å². The number of alkyl halides is 5. The van der Waals surface area contributed by atoms with Crippen LogP contribution in [0.2, 0.25) is 0 Å². The van der Waals surface area contributed by atoms with E-state index in [0.29, 0.717) is 16.8 Å². The first-order valence-corrected chi connectivity index (χ1v) is 9.86. The van der Waals surface area contributed by atoms with Crippen LogP contribution in [0, 0.1) is 0 Å². The second-order valence-electron chi connectivity index (χ2n) is 6.45. The molecule has 30 heavy (non-hydrogen) atoms. The smallest absolute Gasteiger partial charge is 0.310 e. The van der Waals surface area contributed by atoms with Crippen molar-refractivity contribution in [3.8, 4) is 11.3 Å². The summed E-state index contributed by atoms with van der Waals surface area (Å²) in [6.45, 7) is -4.05. The summed E-state index contributed by atoms with van der Waals surface area (Å²) in [6, 6.07) is 15.0. The third-order valence-corrected chi connectivity index (χ3v) is 5.41. The summed E-state index contributed by atoms with van der Waals surface area (Å²) in [5.74, 6) is 0.0151. The molecule has 0 amide bonds. The molecule has 0 saturated carbocycles. The van der Waals surface area contributed by atoms with Crippen LogP contribution in [0.3, 0.4) is 0 Å². The topological polar surface area (TPSA) is 35.6 Å². The number of halogens is 5. The van der Waals surface area contributed by atoms with E-state index in [2.05, 4.69) is 9.97 Å². The molecule has 2 heterocycles. The van der Waals surface area contributed by atoms with Crippen molar-refractivity contribution in [2.75, 3.05) is 0 Å². The van der Waals surface area contributed by atoms with Crippen LogP contribution in [0.25, 0.3) is 22.3 Å². The highest BCUT2D eigenvalue weighted by Crippen LogP contribution is 2.33. The van der Waals surface area contributed by atoms with Gasteiger partial charge < -0.3 is 4.57 Å². The Balaban J connectivity index is 1.68. The molecule has 0 saturated heterocycles. The number of imidazole rings is 2. The highest BCUT2D eigenvalue weighted by atomic mass is 32.2. The molecule has 0 atom stereocenters. The molecule has 0 fully saturated rings. The highest BCUT2D eigenvalue weighted by molar-refractivity contribution is 7.98. The van der Waals surface area contributed by atoms with Gasteiger partial charge in [0.1, 0.15) is 12.4 Å². The zero-order valence-electron chi connectivity index (χ0n) is 15.4. The normalized spacial score (nSPS) is 12.2. The second-order valence-corrected chi connectivity index (χ2v) is 7.39. The van der Waals surface area contributed by atoms with Gasteiger partial charge in [-0.3, -0.25) is 4.57 Å². The van der Waals surface area contributed by atoms with Crippen molar-refractivity contribution in [3.63, 3.8) is 0 Å². The van der Waals surface area contributed by atoms with Gasteiger partial charge in [-0.2, -0.15) is 22.0 Å². The number of thioether (sulfide) groups is 1. The third kappa shape index (κ3) is 4.18. The number of aromatic nitrogens is 4. The van der Waals surface area contributed by atoms with Crippen molar-refractivity contribution in [3.05, 3.63) is 66.6 Å². The summed E-state index contributed by atoms with van der Waals surface area (Å²) in [5.41, 5.74) is 1.56. The summed E-state index contributed by atoms with van der Waals surface area (Å²) >= 11 is 0.938. The number of hydrogen-bond donors (Lipinski definition) is 0. The molecular formula is C20H15F5N4S.